The maximum absolute atomic E-state index is 11.8. The third kappa shape index (κ3) is 2.69. The Morgan fingerprint density at radius 1 is 1.17 bits per heavy atom. The molecule has 2 heterocycles. The van der Waals surface area contributed by atoms with Crippen molar-refractivity contribution in [1.29, 1.82) is 0 Å². The average molecular weight is 319 g/mol. The lowest BCUT2D eigenvalue weighted by Crippen LogP contribution is -2.58. The van der Waals surface area contributed by atoms with Gasteiger partial charge in [-0.25, -0.2) is 0 Å². The maximum Gasteiger partial charge on any atom is 0.269 e. The van der Waals surface area contributed by atoms with E-state index in [0.717, 1.165) is 31.5 Å². The first-order valence-corrected chi connectivity index (χ1v) is 7.93. The summed E-state index contributed by atoms with van der Waals surface area (Å²) in [5.41, 5.74) is 0.589. The molecule has 0 N–H and O–H groups in total. The van der Waals surface area contributed by atoms with Gasteiger partial charge in [-0.2, -0.15) is 0 Å². The predicted molar refractivity (Wildman–Crippen MR) is 85.0 cm³/mol. The lowest BCUT2D eigenvalue weighted by molar-refractivity contribution is -0.541. The number of benzene rings is 1. The first-order chi connectivity index (χ1) is 10.8. The molecule has 0 aliphatic carbocycles. The van der Waals surface area contributed by atoms with E-state index in [-0.39, 0.29) is 28.0 Å². The van der Waals surface area contributed by atoms with E-state index < -0.39 is 11.0 Å². The van der Waals surface area contributed by atoms with E-state index in [2.05, 4.69) is 18.7 Å². The van der Waals surface area contributed by atoms with Crippen molar-refractivity contribution in [2.45, 2.75) is 44.7 Å². The Morgan fingerprint density at radius 3 is 2.39 bits per heavy atom. The van der Waals surface area contributed by atoms with E-state index >= 15 is 0 Å². The molecule has 7 nitrogen and oxygen atoms in total. The molecule has 3 rings (SSSR count). The first-order valence-electron chi connectivity index (χ1n) is 7.93. The SMILES string of the molecule is CC1(C)CN2CCCC2C([N+](=O)[O-])C1c1ccc([N+](=O)[O-])cc1. The van der Waals surface area contributed by atoms with E-state index in [4.69, 9.17) is 0 Å². The molecule has 0 spiro atoms. The van der Waals surface area contributed by atoms with E-state index in [0.29, 0.717) is 0 Å². The number of non-ortho nitro benzene ring substituents is 1. The van der Waals surface area contributed by atoms with Crippen LogP contribution in [0.3, 0.4) is 0 Å². The number of nitro benzene ring substituents is 1. The molecule has 124 valence electrons. The monoisotopic (exact) mass is 319 g/mol. The Kier molecular flexibility index (Phi) is 3.83. The standard InChI is InChI=1S/C16H21N3O4/c1-16(2)10-17-9-3-4-13(17)15(19(22)23)14(16)11-5-7-12(8-6-11)18(20)21/h5-8,13-15H,3-4,9-10H2,1-2H3. The van der Waals surface area contributed by atoms with Crippen molar-refractivity contribution in [3.63, 3.8) is 0 Å². The zero-order valence-corrected chi connectivity index (χ0v) is 13.3. The highest BCUT2D eigenvalue weighted by atomic mass is 16.6. The van der Waals surface area contributed by atoms with Gasteiger partial charge in [0.2, 0.25) is 6.04 Å². The highest BCUT2D eigenvalue weighted by Gasteiger charge is 2.55. The number of nitro groups is 2. The summed E-state index contributed by atoms with van der Waals surface area (Å²) in [4.78, 5) is 24.3. The van der Waals surface area contributed by atoms with Crippen LogP contribution in [0.25, 0.3) is 0 Å². The van der Waals surface area contributed by atoms with Crippen LogP contribution in [0, 0.1) is 25.6 Å². The molecule has 7 heteroatoms. The van der Waals surface area contributed by atoms with Crippen LogP contribution in [-0.4, -0.2) is 39.9 Å². The highest BCUT2D eigenvalue weighted by Crippen LogP contribution is 2.48. The van der Waals surface area contributed by atoms with Gasteiger partial charge < -0.3 is 0 Å². The van der Waals surface area contributed by atoms with Gasteiger partial charge in [-0.3, -0.25) is 25.1 Å². The van der Waals surface area contributed by atoms with Crippen LogP contribution in [0.5, 0.6) is 0 Å². The van der Waals surface area contributed by atoms with Gasteiger partial charge in [-0.1, -0.05) is 26.0 Å². The van der Waals surface area contributed by atoms with E-state index in [1.807, 2.05) is 0 Å². The number of fused-ring (bicyclic) bond motifs is 1. The molecule has 2 saturated heterocycles. The van der Waals surface area contributed by atoms with Crippen LogP contribution in [0.4, 0.5) is 5.69 Å². The smallest absolute Gasteiger partial charge is 0.269 e. The Hall–Kier alpha value is -2.02. The van der Waals surface area contributed by atoms with Gasteiger partial charge in [0.15, 0.2) is 0 Å². The van der Waals surface area contributed by atoms with Crippen LogP contribution in [0.15, 0.2) is 24.3 Å². The molecule has 2 fully saturated rings. The summed E-state index contributed by atoms with van der Waals surface area (Å²) < 4.78 is 0. The first kappa shape index (κ1) is 15.9. The molecule has 0 amide bonds. The topological polar surface area (TPSA) is 89.5 Å². The van der Waals surface area contributed by atoms with Crippen LogP contribution in [0.1, 0.15) is 38.2 Å². The number of hydrogen-bond acceptors (Lipinski definition) is 5. The van der Waals surface area contributed by atoms with Crippen molar-refractivity contribution in [3.05, 3.63) is 50.1 Å². The van der Waals surface area contributed by atoms with Crippen LogP contribution in [-0.2, 0) is 0 Å². The minimum Gasteiger partial charge on any atom is -0.293 e. The van der Waals surface area contributed by atoms with Gasteiger partial charge in [0.25, 0.3) is 5.69 Å². The third-order valence-electron chi connectivity index (χ3n) is 5.31. The summed E-state index contributed by atoms with van der Waals surface area (Å²) in [6.07, 6.45) is 1.85. The molecule has 1 aromatic carbocycles. The number of hydrogen-bond donors (Lipinski definition) is 0. The molecular formula is C16H21N3O4. The lowest BCUT2D eigenvalue weighted by atomic mass is 9.66. The predicted octanol–water partition coefficient (Wildman–Crippen LogP) is 2.83. The summed E-state index contributed by atoms with van der Waals surface area (Å²) in [5, 5.41) is 22.6. The number of piperidine rings is 1. The van der Waals surface area contributed by atoms with Crippen molar-refractivity contribution in [3.8, 4) is 0 Å². The maximum atomic E-state index is 11.8. The summed E-state index contributed by atoms with van der Waals surface area (Å²) in [7, 11) is 0. The summed E-state index contributed by atoms with van der Waals surface area (Å²) in [6, 6.07) is 5.57. The largest absolute Gasteiger partial charge is 0.293 e. The minimum atomic E-state index is -0.664. The van der Waals surface area contributed by atoms with Crippen molar-refractivity contribution in [1.82, 2.24) is 4.90 Å². The van der Waals surface area contributed by atoms with Crippen LogP contribution < -0.4 is 0 Å². The van der Waals surface area contributed by atoms with Gasteiger partial charge in [0.1, 0.15) is 0 Å². The lowest BCUT2D eigenvalue weighted by Gasteiger charge is -2.47. The molecule has 2 aliphatic rings. The second-order valence-electron chi connectivity index (χ2n) is 7.27. The fraction of sp³-hybridized carbons (Fsp3) is 0.625. The molecule has 0 aromatic heterocycles. The molecule has 0 bridgehead atoms. The van der Waals surface area contributed by atoms with Crippen molar-refractivity contribution < 1.29 is 9.85 Å². The number of rotatable bonds is 3. The van der Waals surface area contributed by atoms with Gasteiger partial charge in [-0.05, 0) is 30.4 Å². The van der Waals surface area contributed by atoms with E-state index in [9.17, 15) is 20.2 Å². The fourth-order valence-corrected chi connectivity index (χ4v) is 4.46. The third-order valence-corrected chi connectivity index (χ3v) is 5.31. The van der Waals surface area contributed by atoms with Crippen molar-refractivity contribution >= 4 is 5.69 Å². The normalized spacial score (nSPS) is 29.9. The quantitative estimate of drug-likeness (QED) is 0.631. The van der Waals surface area contributed by atoms with Crippen LogP contribution >= 0.6 is 0 Å². The molecule has 3 unspecified atom stereocenters. The highest BCUT2D eigenvalue weighted by molar-refractivity contribution is 5.36. The molecule has 3 atom stereocenters. The fourth-order valence-electron chi connectivity index (χ4n) is 4.46. The Balaban J connectivity index is 2.02. The van der Waals surface area contributed by atoms with Crippen molar-refractivity contribution in [2.75, 3.05) is 13.1 Å². The summed E-state index contributed by atoms with van der Waals surface area (Å²) in [5.74, 6) is -0.238. The second-order valence-corrected chi connectivity index (χ2v) is 7.27. The van der Waals surface area contributed by atoms with Crippen molar-refractivity contribution in [2.24, 2.45) is 5.41 Å². The molecule has 2 aliphatic heterocycles. The van der Waals surface area contributed by atoms with Gasteiger partial charge in [-0.15, -0.1) is 0 Å². The minimum absolute atomic E-state index is 0.0162. The Bertz CT molecular complexity index is 629. The van der Waals surface area contributed by atoms with E-state index in [1.54, 1.807) is 12.1 Å². The van der Waals surface area contributed by atoms with Gasteiger partial charge >= 0.3 is 0 Å². The average Bonchev–Trinajstić information content (AvgIpc) is 2.91. The molecule has 0 radical (unpaired) electrons. The number of nitrogens with zero attached hydrogens (tertiary/aromatic N) is 3. The Labute approximate surface area is 134 Å². The van der Waals surface area contributed by atoms with Gasteiger partial charge in [0, 0.05) is 23.6 Å². The molecule has 23 heavy (non-hydrogen) atoms. The second kappa shape index (κ2) is 5.56. The van der Waals surface area contributed by atoms with Gasteiger partial charge in [0.05, 0.1) is 16.9 Å². The Morgan fingerprint density at radius 2 is 1.83 bits per heavy atom. The zero-order valence-electron chi connectivity index (χ0n) is 13.3. The molecular weight excluding hydrogens is 298 g/mol. The van der Waals surface area contributed by atoms with Crippen LogP contribution in [0.2, 0.25) is 0 Å². The molecule has 0 saturated carbocycles. The zero-order chi connectivity index (χ0) is 16.8. The molecule has 1 aromatic rings. The summed E-state index contributed by atoms with van der Waals surface area (Å²) in [6.45, 7) is 5.86. The summed E-state index contributed by atoms with van der Waals surface area (Å²) >= 11 is 0. The van der Waals surface area contributed by atoms with E-state index in [1.165, 1.54) is 12.1 Å².